The molecule has 0 bridgehead atoms. The van der Waals surface area contributed by atoms with Crippen molar-refractivity contribution < 1.29 is 22.7 Å². The summed E-state index contributed by atoms with van der Waals surface area (Å²) < 4.78 is 41.7. The van der Waals surface area contributed by atoms with Crippen molar-refractivity contribution in [3.63, 3.8) is 0 Å². The van der Waals surface area contributed by atoms with Gasteiger partial charge < -0.3 is 21.1 Å². The van der Waals surface area contributed by atoms with Gasteiger partial charge in [-0.3, -0.25) is 4.79 Å². The third kappa shape index (κ3) is 5.46. The topological polar surface area (TPSA) is 102 Å². The van der Waals surface area contributed by atoms with Gasteiger partial charge in [-0.25, -0.2) is 4.98 Å². The molecule has 2 fully saturated rings. The van der Waals surface area contributed by atoms with Crippen LogP contribution in [0.2, 0.25) is 0 Å². The largest absolute Gasteiger partial charge is 0.411 e. The number of hydrogen-bond donors (Lipinski definition) is 3. The smallest absolute Gasteiger partial charge is 0.369 e. The molecule has 156 valence electrons. The Balaban J connectivity index is 1.56. The summed E-state index contributed by atoms with van der Waals surface area (Å²) in [4.78, 5) is 20.2. The van der Waals surface area contributed by atoms with Gasteiger partial charge in [-0.15, -0.1) is 0 Å². The number of halogens is 3. The fourth-order valence-electron chi connectivity index (χ4n) is 3.57. The molecule has 1 amide bonds. The Morgan fingerprint density at radius 2 is 1.93 bits per heavy atom. The minimum absolute atomic E-state index is 0.0423. The molecule has 2 aliphatic carbocycles. The lowest BCUT2D eigenvalue weighted by molar-refractivity contribution is -0.187. The first kappa shape index (κ1) is 20.6. The molecule has 2 atom stereocenters. The van der Waals surface area contributed by atoms with Crippen LogP contribution in [0.3, 0.4) is 0 Å². The van der Waals surface area contributed by atoms with Crippen LogP contribution in [-0.2, 0) is 4.74 Å². The van der Waals surface area contributed by atoms with Gasteiger partial charge in [0.05, 0.1) is 11.7 Å². The van der Waals surface area contributed by atoms with Gasteiger partial charge in [-0.05, 0) is 44.4 Å². The number of hydrogen-bond acceptors (Lipinski definition) is 6. The molecule has 1 aromatic heterocycles. The molecule has 0 spiro atoms. The van der Waals surface area contributed by atoms with E-state index in [0.717, 1.165) is 12.8 Å². The van der Waals surface area contributed by atoms with E-state index in [0.29, 0.717) is 43.4 Å². The average Bonchev–Trinajstić information content (AvgIpc) is 2.63. The van der Waals surface area contributed by atoms with Gasteiger partial charge in [0.1, 0.15) is 12.4 Å². The second kappa shape index (κ2) is 8.50. The van der Waals surface area contributed by atoms with Crippen molar-refractivity contribution >= 4 is 17.7 Å². The number of primary amides is 1. The third-order valence-electron chi connectivity index (χ3n) is 5.49. The molecule has 1 aromatic rings. The first-order chi connectivity index (χ1) is 13.2. The van der Waals surface area contributed by atoms with Crippen LogP contribution in [0.15, 0.2) is 6.20 Å². The van der Waals surface area contributed by atoms with E-state index in [1.165, 1.54) is 6.20 Å². The van der Waals surface area contributed by atoms with Crippen LogP contribution >= 0.6 is 0 Å². The zero-order valence-electron chi connectivity index (χ0n) is 15.8. The highest BCUT2D eigenvalue weighted by atomic mass is 19.4. The Bertz CT molecular complexity index is 692. The van der Waals surface area contributed by atoms with Gasteiger partial charge in [-0.2, -0.15) is 18.2 Å². The van der Waals surface area contributed by atoms with Crippen molar-refractivity contribution in [2.24, 2.45) is 11.7 Å². The Labute approximate surface area is 161 Å². The predicted molar refractivity (Wildman–Crippen MR) is 98.0 cm³/mol. The van der Waals surface area contributed by atoms with Crippen LogP contribution in [0.1, 0.15) is 55.8 Å². The lowest BCUT2D eigenvalue weighted by Gasteiger charge is -2.35. The van der Waals surface area contributed by atoms with Crippen LogP contribution < -0.4 is 16.4 Å². The molecule has 7 nitrogen and oxygen atoms in total. The summed E-state index contributed by atoms with van der Waals surface area (Å²) in [5.41, 5.74) is 5.66. The summed E-state index contributed by atoms with van der Waals surface area (Å²) in [6.07, 6.45) is 1.25. The zero-order valence-corrected chi connectivity index (χ0v) is 15.8. The first-order valence-corrected chi connectivity index (χ1v) is 9.59. The molecule has 2 saturated carbocycles. The van der Waals surface area contributed by atoms with E-state index in [1.54, 1.807) is 0 Å². The monoisotopic (exact) mass is 401 g/mol. The van der Waals surface area contributed by atoms with Crippen molar-refractivity contribution in [2.75, 3.05) is 17.2 Å². The highest BCUT2D eigenvalue weighted by Crippen LogP contribution is 2.31. The van der Waals surface area contributed by atoms with Gasteiger partial charge in [0.15, 0.2) is 0 Å². The van der Waals surface area contributed by atoms with E-state index < -0.39 is 18.7 Å². The SMILES string of the molecule is CC1CCC1Nc1nc(NC2CCC(OCC(F)(F)F)CC2)ncc1C(N)=O. The molecule has 0 saturated heterocycles. The summed E-state index contributed by atoms with van der Waals surface area (Å²) in [7, 11) is 0. The maximum absolute atomic E-state index is 12.3. The van der Waals surface area contributed by atoms with Gasteiger partial charge >= 0.3 is 6.18 Å². The number of nitrogens with one attached hydrogen (secondary N) is 2. The Hall–Kier alpha value is -2.10. The number of nitrogens with zero attached hydrogens (tertiary/aromatic N) is 2. The van der Waals surface area contributed by atoms with Crippen molar-refractivity contribution in [1.29, 1.82) is 0 Å². The average molecular weight is 401 g/mol. The van der Waals surface area contributed by atoms with Crippen LogP contribution in [0.4, 0.5) is 24.9 Å². The number of nitrogens with two attached hydrogens (primary N) is 1. The van der Waals surface area contributed by atoms with Crippen LogP contribution in [0, 0.1) is 5.92 Å². The molecule has 0 aliphatic heterocycles. The molecule has 4 N–H and O–H groups in total. The summed E-state index contributed by atoms with van der Waals surface area (Å²) in [6.45, 7) is 0.923. The lowest BCUT2D eigenvalue weighted by atomic mass is 9.81. The normalized spacial score (nSPS) is 27.7. The maximum Gasteiger partial charge on any atom is 0.411 e. The lowest BCUT2D eigenvalue weighted by Crippen LogP contribution is -2.37. The number of carbonyl (C=O) groups is 1. The number of anilines is 2. The number of carbonyl (C=O) groups excluding carboxylic acids is 1. The molecule has 0 radical (unpaired) electrons. The predicted octanol–water partition coefficient (Wildman–Crippen LogP) is 3.09. The minimum atomic E-state index is -4.30. The summed E-state index contributed by atoms with van der Waals surface area (Å²) in [5, 5.41) is 6.48. The first-order valence-electron chi connectivity index (χ1n) is 9.59. The zero-order chi connectivity index (χ0) is 20.3. The van der Waals surface area contributed by atoms with E-state index in [4.69, 9.17) is 10.5 Å². The quantitative estimate of drug-likeness (QED) is 0.649. The molecule has 2 unspecified atom stereocenters. The van der Waals surface area contributed by atoms with Crippen molar-refractivity contribution in [3.8, 4) is 0 Å². The molecule has 28 heavy (non-hydrogen) atoms. The van der Waals surface area contributed by atoms with Crippen LogP contribution in [0.25, 0.3) is 0 Å². The fraction of sp³-hybridized carbons (Fsp3) is 0.722. The van der Waals surface area contributed by atoms with Crippen LogP contribution in [-0.4, -0.2) is 46.8 Å². The molecule has 10 heteroatoms. The fourth-order valence-corrected chi connectivity index (χ4v) is 3.57. The summed E-state index contributed by atoms with van der Waals surface area (Å²) in [5.74, 6) is 0.699. The summed E-state index contributed by atoms with van der Waals surface area (Å²) >= 11 is 0. The Kier molecular flexibility index (Phi) is 6.26. The minimum Gasteiger partial charge on any atom is -0.369 e. The Morgan fingerprint density at radius 1 is 1.21 bits per heavy atom. The van der Waals surface area contributed by atoms with Crippen molar-refractivity contribution in [2.45, 2.75) is 69.8 Å². The second-order valence-corrected chi connectivity index (χ2v) is 7.67. The second-order valence-electron chi connectivity index (χ2n) is 7.67. The molecular formula is C18H26F3N5O2. The van der Waals surface area contributed by atoms with Gasteiger partial charge in [-0.1, -0.05) is 6.92 Å². The molecule has 0 aromatic carbocycles. The summed E-state index contributed by atoms with van der Waals surface area (Å²) in [6, 6.07) is 0.294. The number of amides is 1. The third-order valence-corrected chi connectivity index (χ3v) is 5.49. The van der Waals surface area contributed by atoms with E-state index >= 15 is 0 Å². The van der Waals surface area contributed by atoms with Crippen molar-refractivity contribution in [1.82, 2.24) is 9.97 Å². The molecule has 3 rings (SSSR count). The molecule has 1 heterocycles. The number of ether oxygens (including phenoxy) is 1. The van der Waals surface area contributed by atoms with E-state index in [9.17, 15) is 18.0 Å². The standard InChI is InChI=1S/C18H26F3N5O2/c1-10-2-7-14(10)25-16-13(15(22)27)8-23-17(26-16)24-11-3-5-12(6-4-11)28-9-18(19,20)21/h8,10-12,14H,2-7,9H2,1H3,(H2,22,27)(H2,23,24,25,26). The van der Waals surface area contributed by atoms with Gasteiger partial charge in [0.2, 0.25) is 5.95 Å². The van der Waals surface area contributed by atoms with Crippen LogP contribution in [0.5, 0.6) is 0 Å². The highest BCUT2D eigenvalue weighted by Gasteiger charge is 2.31. The van der Waals surface area contributed by atoms with Crippen molar-refractivity contribution in [3.05, 3.63) is 11.8 Å². The maximum atomic E-state index is 12.3. The van der Waals surface area contributed by atoms with E-state index in [-0.39, 0.29) is 23.8 Å². The van der Waals surface area contributed by atoms with E-state index in [2.05, 4.69) is 27.5 Å². The molecular weight excluding hydrogens is 375 g/mol. The van der Waals surface area contributed by atoms with E-state index in [1.807, 2.05) is 0 Å². The number of aromatic nitrogens is 2. The van der Waals surface area contributed by atoms with Gasteiger partial charge in [0, 0.05) is 18.3 Å². The Morgan fingerprint density at radius 3 is 2.46 bits per heavy atom. The van der Waals surface area contributed by atoms with Gasteiger partial charge in [0.25, 0.3) is 5.91 Å². The number of rotatable bonds is 7. The molecule has 2 aliphatic rings. The number of alkyl halides is 3. The highest BCUT2D eigenvalue weighted by molar-refractivity contribution is 5.97.